The predicted octanol–water partition coefficient (Wildman–Crippen LogP) is 3.92. The summed E-state index contributed by atoms with van der Waals surface area (Å²) in [6.45, 7) is 8.44. The van der Waals surface area contributed by atoms with Crippen molar-refractivity contribution in [1.82, 2.24) is 15.2 Å². The van der Waals surface area contributed by atoms with Crippen LogP contribution in [0.2, 0.25) is 0 Å². The molecule has 1 N–H and O–H groups in total. The predicted molar refractivity (Wildman–Crippen MR) is 94.4 cm³/mol. The van der Waals surface area contributed by atoms with E-state index in [1.165, 1.54) is 42.4 Å². The zero-order valence-corrected chi connectivity index (χ0v) is 14.3. The van der Waals surface area contributed by atoms with Crippen LogP contribution < -0.4 is 10.2 Å². The number of nitrogens with zero attached hydrogens (tertiary/aromatic N) is 4. The van der Waals surface area contributed by atoms with Gasteiger partial charge in [-0.25, -0.2) is 0 Å². The molecular weight excluding hydrogens is 286 g/mol. The third kappa shape index (κ3) is 3.78. The molecule has 23 heavy (non-hydrogen) atoms. The van der Waals surface area contributed by atoms with Crippen LogP contribution in [0.1, 0.15) is 42.4 Å². The molecule has 5 nitrogen and oxygen atoms in total. The third-order valence-corrected chi connectivity index (χ3v) is 4.39. The van der Waals surface area contributed by atoms with Gasteiger partial charge in [-0.1, -0.05) is 30.5 Å². The molecule has 1 aliphatic rings. The van der Waals surface area contributed by atoms with Crippen LogP contribution in [-0.4, -0.2) is 28.3 Å². The molecule has 1 saturated heterocycles. The second-order valence-corrected chi connectivity index (χ2v) is 6.44. The van der Waals surface area contributed by atoms with Gasteiger partial charge in [0.2, 0.25) is 5.95 Å². The van der Waals surface area contributed by atoms with Gasteiger partial charge in [0, 0.05) is 18.8 Å². The van der Waals surface area contributed by atoms with Gasteiger partial charge in [0.05, 0.1) is 6.20 Å². The number of hydrogen-bond donors (Lipinski definition) is 1. The van der Waals surface area contributed by atoms with E-state index >= 15 is 0 Å². The monoisotopic (exact) mass is 311 g/mol. The highest BCUT2D eigenvalue weighted by Gasteiger charge is 2.13. The van der Waals surface area contributed by atoms with Crippen molar-refractivity contribution < 1.29 is 0 Å². The fourth-order valence-electron chi connectivity index (χ4n) is 3.29. The first-order valence-corrected chi connectivity index (χ1v) is 8.43. The quantitative estimate of drug-likeness (QED) is 0.931. The van der Waals surface area contributed by atoms with E-state index in [-0.39, 0.29) is 0 Å². The summed E-state index contributed by atoms with van der Waals surface area (Å²) in [5.74, 6) is 1.49. The summed E-state index contributed by atoms with van der Waals surface area (Å²) in [5.41, 5.74) is 4.74. The zero-order valence-electron chi connectivity index (χ0n) is 14.3. The van der Waals surface area contributed by atoms with Gasteiger partial charge in [-0.2, -0.15) is 10.1 Å². The molecule has 0 amide bonds. The molecule has 1 aliphatic heterocycles. The van der Waals surface area contributed by atoms with Crippen molar-refractivity contribution in [3.05, 3.63) is 35.0 Å². The first-order chi connectivity index (χ1) is 11.1. The maximum absolute atomic E-state index is 4.68. The number of anilines is 3. The van der Waals surface area contributed by atoms with E-state index in [0.717, 1.165) is 24.6 Å². The Bertz CT molecular complexity index is 652. The van der Waals surface area contributed by atoms with Gasteiger partial charge in [0.25, 0.3) is 0 Å². The number of rotatable bonds is 3. The number of nitrogens with one attached hydrogen (secondary N) is 1. The molecule has 2 aromatic rings. The summed E-state index contributed by atoms with van der Waals surface area (Å²) < 4.78 is 0. The molecule has 0 unspecified atom stereocenters. The lowest BCUT2D eigenvalue weighted by Crippen LogP contribution is -2.25. The summed E-state index contributed by atoms with van der Waals surface area (Å²) in [4.78, 5) is 7.00. The van der Waals surface area contributed by atoms with E-state index < -0.39 is 0 Å². The normalized spacial score (nSPS) is 15.3. The summed E-state index contributed by atoms with van der Waals surface area (Å²) in [6, 6.07) is 4.34. The lowest BCUT2D eigenvalue weighted by molar-refractivity contribution is 0.726. The summed E-state index contributed by atoms with van der Waals surface area (Å²) >= 11 is 0. The fraction of sp³-hybridized carbons (Fsp3) is 0.500. The molecule has 1 aromatic carbocycles. The smallest absolute Gasteiger partial charge is 0.249 e. The van der Waals surface area contributed by atoms with Crippen molar-refractivity contribution >= 4 is 17.5 Å². The number of benzene rings is 1. The van der Waals surface area contributed by atoms with Gasteiger partial charge in [-0.3, -0.25) is 0 Å². The molecule has 1 fully saturated rings. The van der Waals surface area contributed by atoms with Crippen molar-refractivity contribution in [2.24, 2.45) is 0 Å². The SMILES string of the molecule is Cc1cc(C)c(Nc2nncc(N3CCCCCC3)n2)c(C)c1. The van der Waals surface area contributed by atoms with Gasteiger partial charge in [-0.15, -0.1) is 5.10 Å². The second kappa shape index (κ2) is 6.94. The summed E-state index contributed by atoms with van der Waals surface area (Å²) in [7, 11) is 0. The first-order valence-electron chi connectivity index (χ1n) is 8.43. The molecule has 0 aliphatic carbocycles. The Labute approximate surface area is 138 Å². The van der Waals surface area contributed by atoms with Crippen LogP contribution in [0.3, 0.4) is 0 Å². The molecule has 0 atom stereocenters. The van der Waals surface area contributed by atoms with Crippen LogP contribution in [0.5, 0.6) is 0 Å². The van der Waals surface area contributed by atoms with Gasteiger partial charge in [-0.05, 0) is 44.7 Å². The van der Waals surface area contributed by atoms with Gasteiger partial charge < -0.3 is 10.2 Å². The molecule has 122 valence electrons. The average Bonchev–Trinajstić information content (AvgIpc) is 2.80. The van der Waals surface area contributed by atoms with Crippen molar-refractivity contribution in [2.75, 3.05) is 23.3 Å². The van der Waals surface area contributed by atoms with Crippen molar-refractivity contribution in [1.29, 1.82) is 0 Å². The van der Waals surface area contributed by atoms with E-state index in [1.54, 1.807) is 6.20 Å². The van der Waals surface area contributed by atoms with Crippen molar-refractivity contribution in [2.45, 2.75) is 46.5 Å². The number of aromatic nitrogens is 3. The first kappa shape index (κ1) is 15.7. The van der Waals surface area contributed by atoms with Crippen LogP contribution in [-0.2, 0) is 0 Å². The van der Waals surface area contributed by atoms with E-state index in [4.69, 9.17) is 0 Å². The standard InChI is InChI=1S/C18H25N5/c1-13-10-14(2)17(15(3)11-13)21-18-20-16(12-19-22-18)23-8-6-4-5-7-9-23/h10-12H,4-9H2,1-3H3,(H,20,21,22). The van der Waals surface area contributed by atoms with Gasteiger partial charge in [0.15, 0.2) is 5.82 Å². The third-order valence-electron chi connectivity index (χ3n) is 4.39. The second-order valence-electron chi connectivity index (χ2n) is 6.44. The average molecular weight is 311 g/mol. The summed E-state index contributed by atoms with van der Waals surface area (Å²) in [6.07, 6.45) is 6.83. The van der Waals surface area contributed by atoms with E-state index in [9.17, 15) is 0 Å². The van der Waals surface area contributed by atoms with Crippen LogP contribution in [0.15, 0.2) is 18.3 Å². The Hall–Kier alpha value is -2.17. The minimum Gasteiger partial charge on any atom is -0.355 e. The van der Waals surface area contributed by atoms with Crippen molar-refractivity contribution in [3.8, 4) is 0 Å². The van der Waals surface area contributed by atoms with Gasteiger partial charge in [0.1, 0.15) is 0 Å². The maximum atomic E-state index is 4.68. The van der Waals surface area contributed by atoms with Gasteiger partial charge >= 0.3 is 0 Å². The Balaban J connectivity index is 1.83. The van der Waals surface area contributed by atoms with E-state index in [1.807, 2.05) is 0 Å². The maximum Gasteiger partial charge on any atom is 0.249 e. The zero-order chi connectivity index (χ0) is 16.2. The van der Waals surface area contributed by atoms with Crippen LogP contribution in [0, 0.1) is 20.8 Å². The highest BCUT2D eigenvalue weighted by atomic mass is 15.3. The van der Waals surface area contributed by atoms with Crippen LogP contribution in [0.4, 0.5) is 17.5 Å². The molecule has 3 rings (SSSR count). The molecule has 0 spiro atoms. The number of aryl methyl sites for hydroxylation is 3. The topological polar surface area (TPSA) is 53.9 Å². The Morgan fingerprint density at radius 2 is 1.61 bits per heavy atom. The Kier molecular flexibility index (Phi) is 4.74. The lowest BCUT2D eigenvalue weighted by Gasteiger charge is -2.21. The summed E-state index contributed by atoms with van der Waals surface area (Å²) in [5, 5.41) is 11.7. The molecule has 5 heteroatoms. The van der Waals surface area contributed by atoms with Crippen molar-refractivity contribution in [3.63, 3.8) is 0 Å². The number of hydrogen-bond acceptors (Lipinski definition) is 5. The Morgan fingerprint density at radius 1 is 0.957 bits per heavy atom. The highest BCUT2D eigenvalue weighted by molar-refractivity contribution is 5.64. The lowest BCUT2D eigenvalue weighted by atomic mass is 10.1. The minimum absolute atomic E-state index is 0.571. The fourth-order valence-corrected chi connectivity index (χ4v) is 3.29. The largest absolute Gasteiger partial charge is 0.355 e. The molecule has 0 saturated carbocycles. The molecule has 0 radical (unpaired) electrons. The molecule has 0 bridgehead atoms. The van der Waals surface area contributed by atoms with Crippen LogP contribution >= 0.6 is 0 Å². The van der Waals surface area contributed by atoms with Crippen LogP contribution in [0.25, 0.3) is 0 Å². The van der Waals surface area contributed by atoms with E-state index in [2.05, 4.69) is 58.3 Å². The molecular formula is C18H25N5. The Morgan fingerprint density at radius 3 is 2.26 bits per heavy atom. The molecule has 2 heterocycles. The highest BCUT2D eigenvalue weighted by Crippen LogP contribution is 2.25. The molecule has 1 aromatic heterocycles. The van der Waals surface area contributed by atoms with E-state index in [0.29, 0.717) is 5.95 Å². The minimum atomic E-state index is 0.571.